The van der Waals surface area contributed by atoms with Gasteiger partial charge in [0.15, 0.2) is 13.2 Å². The van der Waals surface area contributed by atoms with Gasteiger partial charge in [-0.15, -0.1) is 0 Å². The Morgan fingerprint density at radius 3 is 1.87 bits per heavy atom. The molecule has 0 unspecified atom stereocenters. The van der Waals surface area contributed by atoms with Gasteiger partial charge in [-0.25, -0.2) is 0 Å². The highest BCUT2D eigenvalue weighted by Crippen LogP contribution is 2.25. The van der Waals surface area contributed by atoms with Crippen molar-refractivity contribution in [1.29, 1.82) is 0 Å². The van der Waals surface area contributed by atoms with Crippen molar-refractivity contribution in [1.82, 2.24) is 9.80 Å². The molecule has 0 atom stereocenters. The highest BCUT2D eigenvalue weighted by Gasteiger charge is 2.22. The Morgan fingerprint density at radius 1 is 0.833 bits per heavy atom. The summed E-state index contributed by atoms with van der Waals surface area (Å²) >= 11 is 6.18. The monoisotopic (exact) mass is 430 g/mol. The number of benzene rings is 2. The van der Waals surface area contributed by atoms with E-state index in [1.54, 1.807) is 9.80 Å². The third-order valence-corrected chi connectivity index (χ3v) is 5.68. The fraction of sp³-hybridized carbons (Fsp3) is 0.391. The molecule has 2 aromatic carbocycles. The minimum atomic E-state index is -0.0879. The van der Waals surface area contributed by atoms with E-state index >= 15 is 0 Å². The van der Waals surface area contributed by atoms with Gasteiger partial charge in [-0.1, -0.05) is 29.8 Å². The van der Waals surface area contributed by atoms with Crippen LogP contribution in [0, 0.1) is 13.8 Å². The van der Waals surface area contributed by atoms with E-state index in [4.69, 9.17) is 21.1 Å². The van der Waals surface area contributed by atoms with E-state index in [2.05, 4.69) is 0 Å². The van der Waals surface area contributed by atoms with Gasteiger partial charge in [-0.2, -0.15) is 0 Å². The number of rotatable bonds is 6. The fourth-order valence-electron chi connectivity index (χ4n) is 3.40. The Morgan fingerprint density at radius 2 is 1.33 bits per heavy atom. The molecular weight excluding hydrogens is 404 g/mol. The van der Waals surface area contributed by atoms with Crippen molar-refractivity contribution in [2.45, 2.75) is 20.3 Å². The Labute approximate surface area is 182 Å². The number of carbonyl (C=O) groups excluding carboxylic acids is 2. The van der Waals surface area contributed by atoms with Gasteiger partial charge in [0.1, 0.15) is 11.5 Å². The lowest BCUT2D eigenvalue weighted by Gasteiger charge is -2.22. The zero-order valence-corrected chi connectivity index (χ0v) is 18.2. The van der Waals surface area contributed by atoms with E-state index in [9.17, 15) is 9.59 Å². The quantitative estimate of drug-likeness (QED) is 0.704. The molecule has 6 nitrogen and oxygen atoms in total. The molecule has 2 amide bonds. The molecule has 1 saturated heterocycles. The SMILES string of the molecule is Cc1cc(OCC(=O)N2CCCN(C(=O)COc3ccccc3)CC2)cc(C)c1Cl. The second-order valence-electron chi connectivity index (χ2n) is 7.38. The summed E-state index contributed by atoms with van der Waals surface area (Å²) in [5, 5.41) is 0.710. The summed E-state index contributed by atoms with van der Waals surface area (Å²) in [4.78, 5) is 28.6. The minimum absolute atomic E-state index is 0.00363. The van der Waals surface area contributed by atoms with Crippen LogP contribution in [0.25, 0.3) is 0 Å². The average Bonchev–Trinajstić information content (AvgIpc) is 3.01. The van der Waals surface area contributed by atoms with E-state index in [1.165, 1.54) is 0 Å². The number of para-hydroxylation sites is 1. The molecule has 0 spiro atoms. The Bertz CT molecular complexity index is 865. The smallest absolute Gasteiger partial charge is 0.260 e. The molecule has 2 aromatic rings. The second kappa shape index (κ2) is 10.3. The molecule has 3 rings (SSSR count). The van der Waals surface area contributed by atoms with E-state index in [0.29, 0.717) is 42.7 Å². The van der Waals surface area contributed by atoms with Crippen molar-refractivity contribution in [3.63, 3.8) is 0 Å². The molecule has 0 N–H and O–H groups in total. The normalized spacial score (nSPS) is 14.2. The molecule has 1 fully saturated rings. The van der Waals surface area contributed by atoms with Gasteiger partial charge in [-0.05, 0) is 55.7 Å². The van der Waals surface area contributed by atoms with Gasteiger partial charge in [0, 0.05) is 31.2 Å². The van der Waals surface area contributed by atoms with Crippen LogP contribution >= 0.6 is 11.6 Å². The maximum atomic E-state index is 12.6. The standard InChI is InChI=1S/C23H27ClN2O4/c1-17-13-20(14-18(2)23(17)24)30-16-22(28)26-10-6-9-25(11-12-26)21(27)15-29-19-7-4-3-5-8-19/h3-5,7-8,13-14H,6,9-12,15-16H2,1-2H3. The molecule has 1 aliphatic heterocycles. The Hall–Kier alpha value is -2.73. The number of halogens is 1. The summed E-state index contributed by atoms with van der Waals surface area (Å²) in [6.45, 7) is 5.96. The number of nitrogens with zero attached hydrogens (tertiary/aromatic N) is 2. The van der Waals surface area contributed by atoms with E-state index in [0.717, 1.165) is 17.5 Å². The highest BCUT2D eigenvalue weighted by molar-refractivity contribution is 6.32. The van der Waals surface area contributed by atoms with Gasteiger partial charge < -0.3 is 19.3 Å². The lowest BCUT2D eigenvalue weighted by molar-refractivity contribution is -0.135. The second-order valence-corrected chi connectivity index (χ2v) is 7.75. The zero-order chi connectivity index (χ0) is 21.5. The molecule has 0 aliphatic carbocycles. The van der Waals surface area contributed by atoms with Crippen LogP contribution in [0.4, 0.5) is 0 Å². The minimum Gasteiger partial charge on any atom is -0.484 e. The number of hydrogen-bond donors (Lipinski definition) is 0. The summed E-state index contributed by atoms with van der Waals surface area (Å²) in [6.07, 6.45) is 0.724. The van der Waals surface area contributed by atoms with Crippen LogP contribution in [-0.2, 0) is 9.59 Å². The summed E-state index contributed by atoms with van der Waals surface area (Å²) < 4.78 is 11.2. The van der Waals surface area contributed by atoms with Crippen molar-refractivity contribution in [3.05, 3.63) is 58.6 Å². The number of amides is 2. The zero-order valence-electron chi connectivity index (χ0n) is 17.4. The maximum Gasteiger partial charge on any atom is 0.260 e. The van der Waals surface area contributed by atoms with Gasteiger partial charge in [0.05, 0.1) is 0 Å². The molecule has 7 heteroatoms. The Balaban J connectivity index is 1.47. The van der Waals surface area contributed by atoms with Crippen molar-refractivity contribution >= 4 is 23.4 Å². The summed E-state index contributed by atoms with van der Waals surface area (Å²) in [5.74, 6) is 1.14. The van der Waals surface area contributed by atoms with Gasteiger partial charge in [0.25, 0.3) is 11.8 Å². The molecule has 160 valence electrons. The van der Waals surface area contributed by atoms with Gasteiger partial charge >= 0.3 is 0 Å². The first-order chi connectivity index (χ1) is 14.4. The van der Waals surface area contributed by atoms with Crippen LogP contribution in [0.5, 0.6) is 11.5 Å². The third-order valence-electron chi connectivity index (χ3n) is 5.08. The molecular formula is C23H27ClN2O4. The molecule has 1 aliphatic rings. The first-order valence-corrected chi connectivity index (χ1v) is 10.4. The summed E-state index contributed by atoms with van der Waals surface area (Å²) in [6, 6.07) is 12.9. The number of hydrogen-bond acceptors (Lipinski definition) is 4. The van der Waals surface area contributed by atoms with Crippen LogP contribution in [0.3, 0.4) is 0 Å². The number of ether oxygens (including phenoxy) is 2. The number of carbonyl (C=O) groups is 2. The predicted molar refractivity (Wildman–Crippen MR) is 116 cm³/mol. The van der Waals surface area contributed by atoms with E-state index in [-0.39, 0.29) is 25.0 Å². The molecule has 30 heavy (non-hydrogen) atoms. The largest absolute Gasteiger partial charge is 0.484 e. The van der Waals surface area contributed by atoms with Crippen molar-refractivity contribution in [3.8, 4) is 11.5 Å². The molecule has 0 bridgehead atoms. The van der Waals surface area contributed by atoms with E-state index in [1.807, 2.05) is 56.3 Å². The summed E-state index contributed by atoms with van der Waals surface area (Å²) in [5.41, 5.74) is 1.83. The first kappa shape index (κ1) is 22.0. The van der Waals surface area contributed by atoms with Gasteiger partial charge in [-0.3, -0.25) is 9.59 Å². The van der Waals surface area contributed by atoms with Crippen molar-refractivity contribution in [2.24, 2.45) is 0 Å². The van der Waals surface area contributed by atoms with Crippen LogP contribution in [-0.4, -0.2) is 61.0 Å². The number of aryl methyl sites for hydroxylation is 2. The summed E-state index contributed by atoms with van der Waals surface area (Å²) in [7, 11) is 0. The van der Waals surface area contributed by atoms with Crippen LogP contribution in [0.1, 0.15) is 17.5 Å². The maximum absolute atomic E-state index is 12.6. The van der Waals surface area contributed by atoms with Crippen LogP contribution in [0.2, 0.25) is 5.02 Å². The first-order valence-electron chi connectivity index (χ1n) is 10.1. The average molecular weight is 431 g/mol. The van der Waals surface area contributed by atoms with Crippen LogP contribution < -0.4 is 9.47 Å². The third kappa shape index (κ3) is 5.89. The van der Waals surface area contributed by atoms with Crippen LogP contribution in [0.15, 0.2) is 42.5 Å². The van der Waals surface area contributed by atoms with Crippen molar-refractivity contribution < 1.29 is 19.1 Å². The molecule has 1 heterocycles. The van der Waals surface area contributed by atoms with E-state index < -0.39 is 0 Å². The lowest BCUT2D eigenvalue weighted by atomic mass is 10.1. The highest BCUT2D eigenvalue weighted by atomic mass is 35.5. The molecule has 0 saturated carbocycles. The predicted octanol–water partition coefficient (Wildman–Crippen LogP) is 3.48. The lowest BCUT2D eigenvalue weighted by Crippen LogP contribution is -2.40. The molecule has 0 radical (unpaired) electrons. The van der Waals surface area contributed by atoms with Gasteiger partial charge in [0.2, 0.25) is 0 Å². The Kier molecular flexibility index (Phi) is 7.57. The molecule has 0 aromatic heterocycles. The topological polar surface area (TPSA) is 59.1 Å². The fourth-order valence-corrected chi connectivity index (χ4v) is 3.50. The van der Waals surface area contributed by atoms with Crippen molar-refractivity contribution in [2.75, 3.05) is 39.4 Å².